The predicted octanol–water partition coefficient (Wildman–Crippen LogP) is 3.97. The number of amides is 1. The molecular weight excluding hydrogens is 368 g/mol. The zero-order valence-corrected chi connectivity index (χ0v) is 16.3. The summed E-state index contributed by atoms with van der Waals surface area (Å²) in [5, 5.41) is 2.88. The van der Waals surface area contributed by atoms with Crippen molar-refractivity contribution in [2.45, 2.75) is 6.92 Å². The number of imidazole rings is 1. The molecule has 0 fully saturated rings. The number of nitrogens with zero attached hydrogens (tertiary/aromatic N) is 3. The Labute approximate surface area is 168 Å². The summed E-state index contributed by atoms with van der Waals surface area (Å²) in [6.45, 7) is 1.93. The lowest BCUT2D eigenvalue weighted by atomic mass is 10.1. The van der Waals surface area contributed by atoms with Gasteiger partial charge in [-0.15, -0.1) is 0 Å². The second kappa shape index (κ2) is 7.63. The monoisotopic (exact) mass is 388 g/mol. The van der Waals surface area contributed by atoms with E-state index in [2.05, 4.69) is 15.3 Å². The average molecular weight is 388 g/mol. The number of hydrogen-bond donors (Lipinski definition) is 1. The lowest BCUT2D eigenvalue weighted by molar-refractivity contribution is 0.102. The van der Waals surface area contributed by atoms with E-state index in [1.165, 1.54) is 14.2 Å². The number of benzene rings is 2. The fraction of sp³-hybridized carbons (Fsp3) is 0.136. The van der Waals surface area contributed by atoms with Gasteiger partial charge in [0.2, 0.25) is 5.78 Å². The highest BCUT2D eigenvalue weighted by Gasteiger charge is 2.16. The van der Waals surface area contributed by atoms with Crippen LogP contribution in [0.25, 0.3) is 17.0 Å². The Bertz CT molecular complexity index is 1180. The zero-order chi connectivity index (χ0) is 20.4. The summed E-state index contributed by atoms with van der Waals surface area (Å²) in [6.07, 6.45) is 3.86. The molecule has 0 saturated heterocycles. The van der Waals surface area contributed by atoms with Crippen LogP contribution in [-0.2, 0) is 0 Å². The fourth-order valence-corrected chi connectivity index (χ4v) is 3.09. The first-order chi connectivity index (χ1) is 14.1. The first-order valence-corrected chi connectivity index (χ1v) is 9.04. The van der Waals surface area contributed by atoms with Crippen molar-refractivity contribution in [1.82, 2.24) is 14.4 Å². The molecule has 0 aliphatic rings. The Kier molecular flexibility index (Phi) is 4.87. The van der Waals surface area contributed by atoms with Gasteiger partial charge in [0.25, 0.3) is 5.91 Å². The van der Waals surface area contributed by atoms with Crippen molar-refractivity contribution >= 4 is 17.4 Å². The molecule has 0 bridgehead atoms. The van der Waals surface area contributed by atoms with Crippen molar-refractivity contribution < 1.29 is 14.3 Å². The minimum Gasteiger partial charge on any atom is -0.493 e. The van der Waals surface area contributed by atoms with Crippen molar-refractivity contribution in [3.63, 3.8) is 0 Å². The smallest absolute Gasteiger partial charge is 0.259 e. The predicted molar refractivity (Wildman–Crippen MR) is 111 cm³/mol. The van der Waals surface area contributed by atoms with Crippen LogP contribution in [0, 0.1) is 6.92 Å². The minimum atomic E-state index is -0.277. The zero-order valence-electron chi connectivity index (χ0n) is 16.3. The molecule has 0 unspecified atom stereocenters. The molecule has 4 rings (SSSR count). The van der Waals surface area contributed by atoms with Gasteiger partial charge >= 0.3 is 0 Å². The van der Waals surface area contributed by atoms with Gasteiger partial charge in [0, 0.05) is 29.3 Å². The number of carbonyl (C=O) groups is 1. The highest BCUT2D eigenvalue weighted by molar-refractivity contribution is 6.06. The van der Waals surface area contributed by atoms with Crippen LogP contribution in [0.4, 0.5) is 5.69 Å². The first-order valence-electron chi connectivity index (χ1n) is 9.04. The summed E-state index contributed by atoms with van der Waals surface area (Å²) in [5.41, 5.74) is 3.74. The molecule has 4 aromatic rings. The van der Waals surface area contributed by atoms with E-state index in [0.29, 0.717) is 28.5 Å². The maximum absolute atomic E-state index is 12.7. The SMILES string of the molecule is COc1cccc(C(=O)Nc2ccc(-c3cn4ccc(C)nc4n3)cc2)c1OC. The Hall–Kier alpha value is -3.87. The molecule has 0 spiro atoms. The number of carbonyl (C=O) groups excluding carboxylic acids is 1. The Balaban J connectivity index is 1.56. The van der Waals surface area contributed by atoms with Gasteiger partial charge < -0.3 is 14.8 Å². The molecule has 1 amide bonds. The molecule has 0 radical (unpaired) electrons. The van der Waals surface area contributed by atoms with Crippen LogP contribution in [0.1, 0.15) is 16.1 Å². The number of rotatable bonds is 5. The third kappa shape index (κ3) is 3.62. The Morgan fingerprint density at radius 3 is 2.52 bits per heavy atom. The van der Waals surface area contributed by atoms with E-state index in [0.717, 1.165) is 17.0 Å². The molecule has 0 aliphatic heterocycles. The first kappa shape index (κ1) is 18.5. The molecule has 2 aromatic carbocycles. The number of aryl methyl sites for hydroxylation is 1. The summed E-state index contributed by atoms with van der Waals surface area (Å²) in [4.78, 5) is 21.7. The summed E-state index contributed by atoms with van der Waals surface area (Å²) < 4.78 is 12.5. The average Bonchev–Trinajstić information content (AvgIpc) is 3.16. The van der Waals surface area contributed by atoms with Crippen LogP contribution in [-0.4, -0.2) is 34.5 Å². The quantitative estimate of drug-likeness (QED) is 0.560. The van der Waals surface area contributed by atoms with Gasteiger partial charge in [-0.05, 0) is 37.3 Å². The summed E-state index contributed by atoms with van der Waals surface area (Å²) in [6, 6.07) is 14.6. The number of hydrogen-bond acceptors (Lipinski definition) is 5. The fourth-order valence-electron chi connectivity index (χ4n) is 3.09. The molecule has 0 atom stereocenters. The molecule has 1 N–H and O–H groups in total. The molecule has 29 heavy (non-hydrogen) atoms. The van der Waals surface area contributed by atoms with E-state index in [9.17, 15) is 4.79 Å². The number of fused-ring (bicyclic) bond motifs is 1. The number of nitrogens with one attached hydrogen (secondary N) is 1. The lowest BCUT2D eigenvalue weighted by Crippen LogP contribution is -2.13. The van der Waals surface area contributed by atoms with Crippen LogP contribution in [0.15, 0.2) is 60.9 Å². The highest BCUT2D eigenvalue weighted by Crippen LogP contribution is 2.31. The van der Waals surface area contributed by atoms with E-state index >= 15 is 0 Å². The largest absolute Gasteiger partial charge is 0.493 e. The van der Waals surface area contributed by atoms with Crippen molar-refractivity contribution in [2.24, 2.45) is 0 Å². The van der Waals surface area contributed by atoms with E-state index in [1.807, 2.05) is 54.0 Å². The summed E-state index contributed by atoms with van der Waals surface area (Å²) >= 11 is 0. The van der Waals surface area contributed by atoms with Crippen molar-refractivity contribution in [3.8, 4) is 22.8 Å². The molecular formula is C22H20N4O3. The van der Waals surface area contributed by atoms with E-state index in [4.69, 9.17) is 9.47 Å². The van der Waals surface area contributed by atoms with Gasteiger partial charge in [-0.3, -0.25) is 9.20 Å². The maximum atomic E-state index is 12.7. The van der Waals surface area contributed by atoms with Crippen molar-refractivity contribution in [1.29, 1.82) is 0 Å². The molecule has 0 saturated carbocycles. The lowest BCUT2D eigenvalue weighted by Gasteiger charge is -2.12. The molecule has 2 heterocycles. The van der Waals surface area contributed by atoms with E-state index in [-0.39, 0.29) is 5.91 Å². The van der Waals surface area contributed by atoms with Gasteiger partial charge in [0.05, 0.1) is 25.5 Å². The number of methoxy groups -OCH3 is 2. The van der Waals surface area contributed by atoms with E-state index in [1.54, 1.807) is 18.2 Å². The maximum Gasteiger partial charge on any atom is 0.259 e. The van der Waals surface area contributed by atoms with Gasteiger partial charge in [-0.2, -0.15) is 0 Å². The molecule has 146 valence electrons. The number of anilines is 1. The van der Waals surface area contributed by atoms with Crippen LogP contribution in [0.5, 0.6) is 11.5 Å². The molecule has 7 nitrogen and oxygen atoms in total. The Morgan fingerprint density at radius 2 is 1.79 bits per heavy atom. The summed E-state index contributed by atoms with van der Waals surface area (Å²) in [7, 11) is 3.04. The van der Waals surface area contributed by atoms with Crippen molar-refractivity contribution in [2.75, 3.05) is 19.5 Å². The Morgan fingerprint density at radius 1 is 1.00 bits per heavy atom. The molecule has 2 aromatic heterocycles. The number of ether oxygens (including phenoxy) is 2. The third-order valence-electron chi connectivity index (χ3n) is 4.55. The number of para-hydroxylation sites is 1. The van der Waals surface area contributed by atoms with Gasteiger partial charge in [0.15, 0.2) is 11.5 Å². The highest BCUT2D eigenvalue weighted by atomic mass is 16.5. The third-order valence-corrected chi connectivity index (χ3v) is 4.55. The number of aromatic nitrogens is 3. The van der Waals surface area contributed by atoms with Crippen LogP contribution >= 0.6 is 0 Å². The normalized spacial score (nSPS) is 10.7. The van der Waals surface area contributed by atoms with Gasteiger partial charge in [-0.25, -0.2) is 9.97 Å². The van der Waals surface area contributed by atoms with Crippen LogP contribution in [0.3, 0.4) is 0 Å². The topological polar surface area (TPSA) is 77.8 Å². The van der Waals surface area contributed by atoms with E-state index < -0.39 is 0 Å². The van der Waals surface area contributed by atoms with Crippen molar-refractivity contribution in [3.05, 3.63) is 72.2 Å². The molecule has 7 heteroatoms. The molecule has 0 aliphatic carbocycles. The summed E-state index contributed by atoms with van der Waals surface area (Å²) in [5.74, 6) is 1.28. The van der Waals surface area contributed by atoms with Gasteiger partial charge in [-0.1, -0.05) is 18.2 Å². The van der Waals surface area contributed by atoms with Crippen LogP contribution < -0.4 is 14.8 Å². The standard InChI is InChI=1S/C22H20N4O3/c1-14-11-12-26-13-18(25-22(26)23-14)15-7-9-16(10-8-15)24-21(27)17-5-4-6-19(28-2)20(17)29-3/h4-13H,1-3H3,(H,24,27). The van der Waals surface area contributed by atoms with Crippen LogP contribution in [0.2, 0.25) is 0 Å². The van der Waals surface area contributed by atoms with Gasteiger partial charge in [0.1, 0.15) is 0 Å². The second-order valence-electron chi connectivity index (χ2n) is 6.47. The second-order valence-corrected chi connectivity index (χ2v) is 6.47. The minimum absolute atomic E-state index is 0.277.